The number of hydrogen-bond acceptors (Lipinski definition) is 3. The van der Waals surface area contributed by atoms with Crippen LogP contribution in [-0.2, 0) is 0 Å². The molecule has 2 heterocycles. The van der Waals surface area contributed by atoms with Gasteiger partial charge in [0.25, 0.3) is 0 Å². The first-order chi connectivity index (χ1) is 16.5. The lowest BCUT2D eigenvalue weighted by atomic mass is 9.97. The predicted octanol–water partition coefficient (Wildman–Crippen LogP) is 6.65. The molecule has 2 aromatic carbocycles. The Bertz CT molecular complexity index is 1240. The van der Waals surface area contributed by atoms with Gasteiger partial charge in [-0.15, -0.1) is 0 Å². The molecule has 0 aliphatic heterocycles. The second-order valence-corrected chi connectivity index (χ2v) is 8.02. The lowest BCUT2D eigenvalue weighted by Crippen LogP contribution is -2.06. The van der Waals surface area contributed by atoms with Crippen molar-refractivity contribution >= 4 is 5.78 Å². The number of H-pyrrole nitrogens is 2. The van der Waals surface area contributed by atoms with Crippen LogP contribution in [0.1, 0.15) is 27.3 Å². The molecule has 2 aromatic heterocycles. The zero-order chi connectivity index (χ0) is 24.1. The summed E-state index contributed by atoms with van der Waals surface area (Å²) in [6.07, 6.45) is 6.98. The summed E-state index contributed by atoms with van der Waals surface area (Å²) >= 11 is 0. The Labute approximate surface area is 199 Å². The Balaban J connectivity index is 1.69. The van der Waals surface area contributed by atoms with Crippen LogP contribution in [0.5, 0.6) is 11.5 Å². The van der Waals surface area contributed by atoms with E-state index in [0.717, 1.165) is 44.9 Å². The fraction of sp³-hybridized carbons (Fsp3) is 0.138. The second-order valence-electron chi connectivity index (χ2n) is 8.02. The molecule has 4 aromatic rings. The van der Waals surface area contributed by atoms with Crippen molar-refractivity contribution in [3.8, 4) is 33.8 Å². The van der Waals surface area contributed by atoms with Crippen LogP contribution >= 0.6 is 0 Å². The number of aromatic nitrogens is 2. The highest BCUT2D eigenvalue weighted by Crippen LogP contribution is 2.33. The van der Waals surface area contributed by atoms with E-state index in [-0.39, 0.29) is 5.78 Å². The van der Waals surface area contributed by atoms with E-state index >= 15 is 0 Å². The van der Waals surface area contributed by atoms with E-state index < -0.39 is 0 Å². The number of rotatable bonds is 10. The third-order valence-electron chi connectivity index (χ3n) is 5.66. The molecule has 0 amide bonds. The average molecular weight is 453 g/mol. The van der Waals surface area contributed by atoms with Crippen LogP contribution in [0.25, 0.3) is 22.3 Å². The van der Waals surface area contributed by atoms with Crippen LogP contribution in [0.3, 0.4) is 0 Å². The van der Waals surface area contributed by atoms with Gasteiger partial charge >= 0.3 is 0 Å². The van der Waals surface area contributed by atoms with E-state index in [9.17, 15) is 4.79 Å². The standard InChI is InChI=1S/C29H28N2O3/c1-5-15-33-25-17-21(9-7-19(25)3)23-11-13-30-27(23)29(32)28-24(12-14-31-28)22-10-8-20(4)26(18-22)34-16-6-2/h5-14,17-18,30-31H,1-2,15-16H2,3-4H3. The zero-order valence-corrected chi connectivity index (χ0v) is 19.5. The van der Waals surface area contributed by atoms with Crippen molar-refractivity contribution in [2.45, 2.75) is 13.8 Å². The first-order valence-corrected chi connectivity index (χ1v) is 11.1. The largest absolute Gasteiger partial charge is 0.489 e. The molecule has 0 saturated carbocycles. The minimum absolute atomic E-state index is 0.122. The fourth-order valence-electron chi connectivity index (χ4n) is 3.86. The lowest BCUT2D eigenvalue weighted by Gasteiger charge is -2.11. The molecular formula is C29H28N2O3. The summed E-state index contributed by atoms with van der Waals surface area (Å²) in [6, 6.07) is 15.7. The summed E-state index contributed by atoms with van der Waals surface area (Å²) in [6.45, 7) is 12.2. The predicted molar refractivity (Wildman–Crippen MR) is 137 cm³/mol. The molecule has 0 aliphatic carbocycles. The highest BCUT2D eigenvalue weighted by molar-refractivity contribution is 6.14. The van der Waals surface area contributed by atoms with Crippen LogP contribution in [0.2, 0.25) is 0 Å². The first-order valence-electron chi connectivity index (χ1n) is 11.1. The van der Waals surface area contributed by atoms with Crippen LogP contribution in [0, 0.1) is 13.8 Å². The summed E-state index contributed by atoms with van der Waals surface area (Å²) < 4.78 is 11.6. The van der Waals surface area contributed by atoms with E-state index in [0.29, 0.717) is 24.6 Å². The maximum atomic E-state index is 13.7. The van der Waals surface area contributed by atoms with Gasteiger partial charge in [-0.05, 0) is 60.4 Å². The van der Waals surface area contributed by atoms with Gasteiger partial charge in [0.05, 0.1) is 11.4 Å². The van der Waals surface area contributed by atoms with Gasteiger partial charge in [-0.2, -0.15) is 0 Å². The molecular weight excluding hydrogens is 424 g/mol. The maximum absolute atomic E-state index is 13.7. The number of carbonyl (C=O) groups is 1. The van der Waals surface area contributed by atoms with E-state index in [2.05, 4.69) is 23.1 Å². The quantitative estimate of drug-likeness (QED) is 0.209. The van der Waals surface area contributed by atoms with Gasteiger partial charge in [0, 0.05) is 23.5 Å². The molecule has 0 bridgehead atoms. The van der Waals surface area contributed by atoms with Crippen molar-refractivity contribution in [1.29, 1.82) is 0 Å². The number of aromatic amines is 2. The highest BCUT2D eigenvalue weighted by atomic mass is 16.5. The smallest absolute Gasteiger partial charge is 0.226 e. The van der Waals surface area contributed by atoms with Gasteiger partial charge in [-0.25, -0.2) is 0 Å². The Hall–Kier alpha value is -4.25. The van der Waals surface area contributed by atoms with Crippen molar-refractivity contribution in [3.63, 3.8) is 0 Å². The topological polar surface area (TPSA) is 67.1 Å². The molecule has 0 fully saturated rings. The lowest BCUT2D eigenvalue weighted by molar-refractivity contribution is 0.103. The van der Waals surface area contributed by atoms with Crippen LogP contribution in [0.4, 0.5) is 0 Å². The number of ketones is 1. The van der Waals surface area contributed by atoms with Crippen molar-refractivity contribution in [2.75, 3.05) is 13.2 Å². The molecule has 2 N–H and O–H groups in total. The van der Waals surface area contributed by atoms with Gasteiger partial charge in [0.1, 0.15) is 24.7 Å². The molecule has 4 rings (SSSR count). The van der Waals surface area contributed by atoms with E-state index in [1.807, 2.05) is 62.4 Å². The number of aryl methyl sites for hydroxylation is 2. The zero-order valence-electron chi connectivity index (χ0n) is 19.5. The molecule has 0 aliphatic rings. The molecule has 5 heteroatoms. The Kier molecular flexibility index (Phi) is 6.83. The van der Waals surface area contributed by atoms with Gasteiger partial charge in [0.15, 0.2) is 0 Å². The summed E-state index contributed by atoms with van der Waals surface area (Å²) in [4.78, 5) is 19.9. The minimum Gasteiger partial charge on any atom is -0.489 e. The van der Waals surface area contributed by atoms with E-state index in [4.69, 9.17) is 9.47 Å². The molecule has 5 nitrogen and oxygen atoms in total. The van der Waals surface area contributed by atoms with Crippen molar-refractivity contribution in [1.82, 2.24) is 9.97 Å². The molecule has 34 heavy (non-hydrogen) atoms. The van der Waals surface area contributed by atoms with Gasteiger partial charge < -0.3 is 19.4 Å². The van der Waals surface area contributed by atoms with Gasteiger partial charge in [-0.1, -0.05) is 49.6 Å². The fourth-order valence-corrected chi connectivity index (χ4v) is 3.86. The first kappa shape index (κ1) is 22.9. The van der Waals surface area contributed by atoms with E-state index in [1.54, 1.807) is 24.5 Å². The summed E-state index contributed by atoms with van der Waals surface area (Å²) in [7, 11) is 0. The van der Waals surface area contributed by atoms with Crippen molar-refractivity contribution in [2.24, 2.45) is 0 Å². The van der Waals surface area contributed by atoms with Crippen LogP contribution < -0.4 is 9.47 Å². The highest BCUT2D eigenvalue weighted by Gasteiger charge is 2.21. The van der Waals surface area contributed by atoms with Gasteiger partial charge in [0.2, 0.25) is 5.78 Å². The van der Waals surface area contributed by atoms with Crippen molar-refractivity contribution < 1.29 is 14.3 Å². The summed E-state index contributed by atoms with van der Waals surface area (Å²) in [5, 5.41) is 0. The van der Waals surface area contributed by atoms with Crippen LogP contribution in [0.15, 0.2) is 86.2 Å². The third-order valence-corrected chi connectivity index (χ3v) is 5.66. The Morgan fingerprint density at radius 3 is 1.62 bits per heavy atom. The molecule has 0 spiro atoms. The van der Waals surface area contributed by atoms with Crippen LogP contribution in [-0.4, -0.2) is 29.0 Å². The molecule has 0 radical (unpaired) electrons. The number of hydrogen-bond donors (Lipinski definition) is 2. The molecule has 0 atom stereocenters. The Morgan fingerprint density at radius 2 is 1.21 bits per heavy atom. The number of ether oxygens (including phenoxy) is 2. The third kappa shape index (κ3) is 4.59. The SMILES string of the molecule is C=CCOc1cc(-c2cc[nH]c2C(=O)c2[nH]ccc2-c2ccc(C)c(OCC=C)c2)ccc1C. The molecule has 0 saturated heterocycles. The maximum Gasteiger partial charge on any atom is 0.226 e. The summed E-state index contributed by atoms with van der Waals surface area (Å²) in [5.41, 5.74) is 6.50. The molecule has 172 valence electrons. The average Bonchev–Trinajstić information content (AvgIpc) is 3.53. The molecule has 0 unspecified atom stereocenters. The number of carbonyl (C=O) groups excluding carboxylic acids is 1. The monoisotopic (exact) mass is 452 g/mol. The summed E-state index contributed by atoms with van der Waals surface area (Å²) in [5.74, 6) is 1.41. The normalized spacial score (nSPS) is 10.6. The number of nitrogens with one attached hydrogen (secondary N) is 2. The van der Waals surface area contributed by atoms with Crippen molar-refractivity contribution in [3.05, 3.63) is 109 Å². The van der Waals surface area contributed by atoms with Gasteiger partial charge in [-0.3, -0.25) is 4.79 Å². The Morgan fingerprint density at radius 1 is 0.765 bits per heavy atom. The minimum atomic E-state index is -0.122. The second kappa shape index (κ2) is 10.1. The van der Waals surface area contributed by atoms with E-state index in [1.165, 1.54) is 0 Å². The number of benzene rings is 2.